The Morgan fingerprint density at radius 2 is 1.67 bits per heavy atom. The number of hydrogen-bond acceptors (Lipinski definition) is 1. The monoisotopic (exact) mass is 174 g/mol. The summed E-state index contributed by atoms with van der Waals surface area (Å²) >= 11 is 1.80. The molecule has 0 radical (unpaired) electrons. The lowest BCUT2D eigenvalue weighted by molar-refractivity contribution is 1.55. The second kappa shape index (κ2) is 3.20. The third-order valence-corrected chi connectivity index (χ3v) is 2.77. The average Bonchev–Trinajstić information content (AvgIpc) is 2.17. The first-order valence-corrected chi connectivity index (χ1v) is 5.16. The van der Waals surface area contributed by atoms with Gasteiger partial charge in [-0.15, -0.1) is 11.8 Å². The summed E-state index contributed by atoms with van der Waals surface area (Å²) in [5.41, 5.74) is 0. The van der Waals surface area contributed by atoms with Crippen LogP contribution in [0.2, 0.25) is 0 Å². The van der Waals surface area contributed by atoms with Gasteiger partial charge in [0.15, 0.2) is 0 Å². The Morgan fingerprint density at radius 3 is 2.50 bits per heavy atom. The van der Waals surface area contributed by atoms with Gasteiger partial charge >= 0.3 is 0 Å². The maximum absolute atomic E-state index is 2.17. The van der Waals surface area contributed by atoms with Crippen molar-refractivity contribution in [2.75, 3.05) is 6.26 Å². The second-order valence-electron chi connectivity index (χ2n) is 2.68. The highest BCUT2D eigenvalue weighted by Gasteiger charge is 1.96. The minimum Gasteiger partial charge on any atom is -0.129 e. The fourth-order valence-corrected chi connectivity index (χ4v) is 1.99. The average molecular weight is 174 g/mol. The van der Waals surface area contributed by atoms with E-state index in [9.17, 15) is 0 Å². The van der Waals surface area contributed by atoms with Crippen LogP contribution < -0.4 is 0 Å². The molecule has 2 rings (SSSR count). The van der Waals surface area contributed by atoms with Crippen LogP contribution >= 0.6 is 11.8 Å². The summed E-state index contributed by atoms with van der Waals surface area (Å²) in [4.78, 5) is 1.35. The van der Waals surface area contributed by atoms with Gasteiger partial charge in [-0.3, -0.25) is 0 Å². The lowest BCUT2D eigenvalue weighted by atomic mass is 10.1. The largest absolute Gasteiger partial charge is 0.129 e. The quantitative estimate of drug-likeness (QED) is 0.596. The maximum Gasteiger partial charge on any atom is 0.0148 e. The number of benzene rings is 2. The van der Waals surface area contributed by atoms with Gasteiger partial charge in [0.25, 0.3) is 0 Å². The van der Waals surface area contributed by atoms with Gasteiger partial charge in [-0.2, -0.15) is 0 Å². The van der Waals surface area contributed by atoms with E-state index in [2.05, 4.69) is 48.7 Å². The van der Waals surface area contributed by atoms with Crippen molar-refractivity contribution in [3.8, 4) is 0 Å². The predicted molar refractivity (Wildman–Crippen MR) is 55.7 cm³/mol. The molecule has 0 heterocycles. The van der Waals surface area contributed by atoms with Crippen molar-refractivity contribution >= 4 is 22.5 Å². The minimum atomic E-state index is 1.32. The first-order valence-electron chi connectivity index (χ1n) is 3.93. The van der Waals surface area contributed by atoms with Crippen molar-refractivity contribution in [2.24, 2.45) is 0 Å². The molecule has 0 aromatic heterocycles. The van der Waals surface area contributed by atoms with Crippen molar-refractivity contribution in [1.29, 1.82) is 0 Å². The Kier molecular flexibility index (Phi) is 2.05. The Bertz CT molecular complexity index is 388. The highest BCUT2D eigenvalue weighted by molar-refractivity contribution is 7.98. The predicted octanol–water partition coefficient (Wildman–Crippen LogP) is 3.56. The van der Waals surface area contributed by atoms with E-state index < -0.39 is 0 Å². The molecule has 12 heavy (non-hydrogen) atoms. The molecule has 2 aromatic rings. The SMILES string of the molecule is CSc1cccc2ccccc12. The summed E-state index contributed by atoms with van der Waals surface area (Å²) in [5, 5.41) is 2.68. The number of thioether (sulfide) groups is 1. The van der Waals surface area contributed by atoms with Gasteiger partial charge in [0, 0.05) is 4.90 Å². The van der Waals surface area contributed by atoms with Crippen LogP contribution in [0.5, 0.6) is 0 Å². The molecule has 60 valence electrons. The molecule has 0 nitrogen and oxygen atoms in total. The van der Waals surface area contributed by atoms with Gasteiger partial charge in [-0.25, -0.2) is 0 Å². The molecule has 0 N–H and O–H groups in total. The van der Waals surface area contributed by atoms with Crippen LogP contribution in [0.3, 0.4) is 0 Å². The summed E-state index contributed by atoms with van der Waals surface area (Å²) in [6.45, 7) is 0. The number of fused-ring (bicyclic) bond motifs is 1. The van der Waals surface area contributed by atoms with E-state index in [1.807, 2.05) is 0 Å². The second-order valence-corrected chi connectivity index (χ2v) is 3.53. The molecule has 1 heteroatoms. The summed E-state index contributed by atoms with van der Waals surface area (Å²) in [7, 11) is 0. The molecule has 0 atom stereocenters. The Balaban J connectivity index is 2.79. The summed E-state index contributed by atoms with van der Waals surface area (Å²) < 4.78 is 0. The fourth-order valence-electron chi connectivity index (χ4n) is 1.37. The standard InChI is InChI=1S/C11H10S/c1-12-11-8-4-6-9-5-2-3-7-10(9)11/h2-8H,1H3. The van der Waals surface area contributed by atoms with Crippen molar-refractivity contribution in [2.45, 2.75) is 4.90 Å². The van der Waals surface area contributed by atoms with E-state index >= 15 is 0 Å². The highest BCUT2D eigenvalue weighted by Crippen LogP contribution is 2.25. The zero-order chi connectivity index (χ0) is 8.39. The van der Waals surface area contributed by atoms with Crippen molar-refractivity contribution in [3.63, 3.8) is 0 Å². The van der Waals surface area contributed by atoms with E-state index in [4.69, 9.17) is 0 Å². The first-order chi connectivity index (χ1) is 5.92. The minimum absolute atomic E-state index is 1.32. The smallest absolute Gasteiger partial charge is 0.0148 e. The maximum atomic E-state index is 2.17. The van der Waals surface area contributed by atoms with Gasteiger partial charge in [-0.05, 0) is 23.1 Å². The van der Waals surface area contributed by atoms with Gasteiger partial charge in [0.05, 0.1) is 0 Å². The normalized spacial score (nSPS) is 10.4. The molecular weight excluding hydrogens is 164 g/mol. The van der Waals surface area contributed by atoms with Crippen LogP contribution in [-0.2, 0) is 0 Å². The molecule has 0 amide bonds. The molecule has 0 aliphatic carbocycles. The van der Waals surface area contributed by atoms with Gasteiger partial charge in [-0.1, -0.05) is 36.4 Å². The van der Waals surface area contributed by atoms with E-state index in [-0.39, 0.29) is 0 Å². The Hall–Kier alpha value is -0.950. The molecule has 0 unspecified atom stereocenters. The zero-order valence-corrected chi connectivity index (χ0v) is 7.77. The topological polar surface area (TPSA) is 0 Å². The number of rotatable bonds is 1. The Labute approximate surface area is 76.6 Å². The zero-order valence-electron chi connectivity index (χ0n) is 6.95. The number of hydrogen-bond donors (Lipinski definition) is 0. The third-order valence-electron chi connectivity index (χ3n) is 1.97. The summed E-state index contributed by atoms with van der Waals surface area (Å²) in [6.07, 6.45) is 2.11. The summed E-state index contributed by atoms with van der Waals surface area (Å²) in [6, 6.07) is 14.9. The third kappa shape index (κ3) is 1.21. The fraction of sp³-hybridized carbons (Fsp3) is 0.0909. The van der Waals surface area contributed by atoms with E-state index in [1.54, 1.807) is 11.8 Å². The molecule has 0 bridgehead atoms. The van der Waals surface area contributed by atoms with Crippen LogP contribution in [0.15, 0.2) is 47.4 Å². The molecular formula is C11H10S. The van der Waals surface area contributed by atoms with Crippen LogP contribution in [0.25, 0.3) is 10.8 Å². The van der Waals surface area contributed by atoms with Gasteiger partial charge in [0.1, 0.15) is 0 Å². The lowest BCUT2D eigenvalue weighted by Crippen LogP contribution is -1.74. The van der Waals surface area contributed by atoms with Crippen molar-refractivity contribution < 1.29 is 0 Å². The van der Waals surface area contributed by atoms with Crippen molar-refractivity contribution in [3.05, 3.63) is 42.5 Å². The van der Waals surface area contributed by atoms with Crippen molar-refractivity contribution in [1.82, 2.24) is 0 Å². The molecule has 0 aliphatic rings. The first kappa shape index (κ1) is 7.69. The van der Waals surface area contributed by atoms with Crippen LogP contribution in [0.1, 0.15) is 0 Å². The van der Waals surface area contributed by atoms with E-state index in [0.29, 0.717) is 0 Å². The molecule has 0 saturated heterocycles. The molecule has 0 aliphatic heterocycles. The van der Waals surface area contributed by atoms with Crippen LogP contribution in [0, 0.1) is 0 Å². The highest BCUT2D eigenvalue weighted by atomic mass is 32.2. The summed E-state index contributed by atoms with van der Waals surface area (Å²) in [5.74, 6) is 0. The molecule has 2 aromatic carbocycles. The van der Waals surface area contributed by atoms with Crippen LogP contribution in [-0.4, -0.2) is 6.26 Å². The van der Waals surface area contributed by atoms with Crippen LogP contribution in [0.4, 0.5) is 0 Å². The molecule has 0 spiro atoms. The molecule has 0 fully saturated rings. The van der Waals surface area contributed by atoms with E-state index in [0.717, 1.165) is 0 Å². The van der Waals surface area contributed by atoms with Gasteiger partial charge < -0.3 is 0 Å². The van der Waals surface area contributed by atoms with E-state index in [1.165, 1.54) is 15.7 Å². The Morgan fingerprint density at radius 1 is 0.917 bits per heavy atom. The van der Waals surface area contributed by atoms with Gasteiger partial charge in [0.2, 0.25) is 0 Å². The lowest BCUT2D eigenvalue weighted by Gasteiger charge is -2.01. The molecule has 0 saturated carbocycles.